The van der Waals surface area contributed by atoms with Crippen LogP contribution in [0.4, 0.5) is 5.95 Å². The fourth-order valence-corrected chi connectivity index (χ4v) is 1.86. The normalized spacial score (nSPS) is 10.8. The van der Waals surface area contributed by atoms with E-state index < -0.39 is 5.97 Å². The van der Waals surface area contributed by atoms with Crippen LogP contribution in [-0.4, -0.2) is 39.6 Å². The molecule has 10 heteroatoms. The Bertz CT molecular complexity index is 699. The molecule has 0 unspecified atom stereocenters. The summed E-state index contributed by atoms with van der Waals surface area (Å²) >= 11 is 3.35. The minimum absolute atomic E-state index is 0.0610. The van der Waals surface area contributed by atoms with E-state index in [4.69, 9.17) is 15.2 Å². The summed E-state index contributed by atoms with van der Waals surface area (Å²) in [6.45, 7) is 1.31. The van der Waals surface area contributed by atoms with E-state index >= 15 is 0 Å². The number of aromatic nitrogens is 4. The lowest BCUT2D eigenvalue weighted by Crippen LogP contribution is -2.04. The highest BCUT2D eigenvalue weighted by molar-refractivity contribution is 9.10. The average Bonchev–Trinajstić information content (AvgIpc) is 2.83. The molecule has 0 radical (unpaired) electrons. The first-order valence-electron chi connectivity index (χ1n) is 5.65. The summed E-state index contributed by atoms with van der Waals surface area (Å²) in [5.74, 6) is 0.310. The zero-order chi connectivity index (χ0) is 15.4. The number of carbonyl (C=O) groups excluding carboxylic acids is 1. The summed E-state index contributed by atoms with van der Waals surface area (Å²) < 4.78 is 10.9. The van der Waals surface area contributed by atoms with Gasteiger partial charge in [-0.2, -0.15) is 5.10 Å². The lowest BCUT2D eigenvalue weighted by molar-refractivity contribution is -0.132. The van der Waals surface area contributed by atoms with Crippen molar-refractivity contribution >= 4 is 34.1 Å². The molecule has 2 rings (SSSR count). The number of anilines is 1. The number of carbonyl (C=O) groups is 1. The molecule has 0 aliphatic carbocycles. The predicted octanol–water partition coefficient (Wildman–Crippen LogP) is 0.834. The Morgan fingerprint density at radius 1 is 1.48 bits per heavy atom. The molecule has 0 aliphatic rings. The lowest BCUT2D eigenvalue weighted by atomic mass is 10.2. The summed E-state index contributed by atoms with van der Waals surface area (Å²) in [4.78, 5) is 12.1. The molecular formula is C11H11BrN6O3. The van der Waals surface area contributed by atoms with Gasteiger partial charge in [-0.25, -0.2) is 0 Å². The van der Waals surface area contributed by atoms with Gasteiger partial charge in [-0.05, 0) is 38.5 Å². The van der Waals surface area contributed by atoms with Gasteiger partial charge >= 0.3 is 5.97 Å². The molecule has 0 amide bonds. The number of hydrogen-bond donors (Lipinski definition) is 1. The van der Waals surface area contributed by atoms with Crippen LogP contribution in [0.5, 0.6) is 11.5 Å². The second kappa shape index (κ2) is 6.31. The molecular weight excluding hydrogens is 344 g/mol. The third-order valence-electron chi connectivity index (χ3n) is 2.32. The molecule has 0 spiro atoms. The molecule has 1 heterocycles. The van der Waals surface area contributed by atoms with E-state index in [1.54, 1.807) is 12.1 Å². The highest BCUT2D eigenvalue weighted by Crippen LogP contribution is 2.33. The molecule has 21 heavy (non-hydrogen) atoms. The van der Waals surface area contributed by atoms with Gasteiger partial charge in [0.15, 0.2) is 11.5 Å². The van der Waals surface area contributed by atoms with Crippen LogP contribution in [-0.2, 0) is 4.79 Å². The number of benzene rings is 1. The molecule has 2 aromatic rings. The van der Waals surface area contributed by atoms with Gasteiger partial charge in [-0.1, -0.05) is 9.89 Å². The third kappa shape index (κ3) is 3.54. The molecule has 9 nitrogen and oxygen atoms in total. The minimum atomic E-state index is -0.442. The summed E-state index contributed by atoms with van der Waals surface area (Å²) in [5, 5.41) is 14.4. The SMILES string of the molecule is COc1cc(/C=N\n2nnnc2N)c(Br)cc1OC(C)=O. The molecule has 0 atom stereocenters. The van der Waals surface area contributed by atoms with Crippen molar-refractivity contribution in [2.45, 2.75) is 6.92 Å². The van der Waals surface area contributed by atoms with Crippen molar-refractivity contribution in [1.29, 1.82) is 0 Å². The standard InChI is InChI=1S/C11H11BrN6O3/c1-6(19)21-10-4-8(12)7(3-9(10)20-2)5-14-18-11(13)15-16-17-18/h3-5H,1-2H3,(H2,13,15,17)/b14-5-. The highest BCUT2D eigenvalue weighted by Gasteiger charge is 2.11. The maximum atomic E-state index is 11.0. The second-order valence-corrected chi connectivity index (χ2v) is 4.64. The van der Waals surface area contributed by atoms with Crippen LogP contribution in [0.15, 0.2) is 21.7 Å². The fraction of sp³-hybridized carbons (Fsp3) is 0.182. The molecule has 1 aromatic carbocycles. The Hall–Kier alpha value is -2.49. The summed E-state index contributed by atoms with van der Waals surface area (Å²) in [7, 11) is 1.47. The Labute approximate surface area is 127 Å². The summed E-state index contributed by atoms with van der Waals surface area (Å²) in [6.07, 6.45) is 1.48. The molecule has 0 saturated heterocycles. The third-order valence-corrected chi connectivity index (χ3v) is 3.01. The average molecular weight is 355 g/mol. The van der Waals surface area contributed by atoms with Crippen LogP contribution in [0, 0.1) is 0 Å². The first kappa shape index (κ1) is 14.9. The number of methoxy groups -OCH3 is 1. The van der Waals surface area contributed by atoms with Crippen molar-refractivity contribution in [3.8, 4) is 11.5 Å². The van der Waals surface area contributed by atoms with Gasteiger partial charge in [0.2, 0.25) is 0 Å². The molecule has 0 saturated carbocycles. The van der Waals surface area contributed by atoms with E-state index in [0.717, 1.165) is 4.79 Å². The van der Waals surface area contributed by atoms with Crippen LogP contribution in [0.2, 0.25) is 0 Å². The van der Waals surface area contributed by atoms with Gasteiger partial charge in [0, 0.05) is 17.0 Å². The quantitative estimate of drug-likeness (QED) is 0.490. The zero-order valence-electron chi connectivity index (χ0n) is 11.1. The second-order valence-electron chi connectivity index (χ2n) is 3.79. The molecule has 0 bridgehead atoms. The maximum Gasteiger partial charge on any atom is 0.308 e. The Morgan fingerprint density at radius 3 is 2.81 bits per heavy atom. The van der Waals surface area contributed by atoms with E-state index in [2.05, 4.69) is 36.6 Å². The van der Waals surface area contributed by atoms with Gasteiger partial charge in [0.05, 0.1) is 13.3 Å². The number of nitrogens with two attached hydrogens (primary N) is 1. The van der Waals surface area contributed by atoms with Crippen LogP contribution in [0.1, 0.15) is 12.5 Å². The Morgan fingerprint density at radius 2 is 2.24 bits per heavy atom. The number of halogens is 1. The number of ether oxygens (including phenoxy) is 2. The van der Waals surface area contributed by atoms with Crippen molar-refractivity contribution in [3.05, 3.63) is 22.2 Å². The molecule has 0 fully saturated rings. The lowest BCUT2D eigenvalue weighted by Gasteiger charge is -2.10. The monoisotopic (exact) mass is 354 g/mol. The van der Waals surface area contributed by atoms with Gasteiger partial charge in [0.1, 0.15) is 0 Å². The number of hydrogen-bond acceptors (Lipinski definition) is 8. The summed E-state index contributed by atoms with van der Waals surface area (Å²) in [6, 6.07) is 3.25. The number of nitrogen functional groups attached to an aromatic ring is 1. The summed E-state index contributed by atoms with van der Waals surface area (Å²) in [5.41, 5.74) is 6.16. The molecule has 1 aromatic heterocycles. The largest absolute Gasteiger partial charge is 0.493 e. The highest BCUT2D eigenvalue weighted by atomic mass is 79.9. The van der Waals surface area contributed by atoms with Crippen LogP contribution >= 0.6 is 15.9 Å². The number of tetrazole rings is 1. The van der Waals surface area contributed by atoms with Crippen molar-refractivity contribution < 1.29 is 14.3 Å². The molecule has 0 aliphatic heterocycles. The fourth-order valence-electron chi connectivity index (χ4n) is 1.43. The predicted molar refractivity (Wildman–Crippen MR) is 77.2 cm³/mol. The minimum Gasteiger partial charge on any atom is -0.493 e. The number of nitrogens with zero attached hydrogens (tertiary/aromatic N) is 5. The Balaban J connectivity index is 2.34. The number of esters is 1. The van der Waals surface area contributed by atoms with E-state index in [-0.39, 0.29) is 5.95 Å². The van der Waals surface area contributed by atoms with Crippen LogP contribution in [0.3, 0.4) is 0 Å². The van der Waals surface area contributed by atoms with Crippen molar-refractivity contribution in [1.82, 2.24) is 20.3 Å². The van der Waals surface area contributed by atoms with Crippen molar-refractivity contribution in [2.75, 3.05) is 12.8 Å². The van der Waals surface area contributed by atoms with Crippen LogP contribution in [0.25, 0.3) is 0 Å². The number of rotatable bonds is 4. The van der Waals surface area contributed by atoms with Crippen molar-refractivity contribution in [3.63, 3.8) is 0 Å². The maximum absolute atomic E-state index is 11.0. The van der Waals surface area contributed by atoms with E-state index in [9.17, 15) is 4.79 Å². The topological polar surface area (TPSA) is 118 Å². The first-order chi connectivity index (χ1) is 10.0. The zero-order valence-corrected chi connectivity index (χ0v) is 12.7. The van der Waals surface area contributed by atoms with Gasteiger partial charge in [0.25, 0.3) is 5.95 Å². The molecule has 110 valence electrons. The molecule has 2 N–H and O–H groups in total. The smallest absolute Gasteiger partial charge is 0.308 e. The van der Waals surface area contributed by atoms with E-state index in [1.807, 2.05) is 0 Å². The first-order valence-corrected chi connectivity index (χ1v) is 6.44. The van der Waals surface area contributed by atoms with Crippen LogP contribution < -0.4 is 15.2 Å². The van der Waals surface area contributed by atoms with Gasteiger partial charge in [-0.15, -0.1) is 0 Å². The van der Waals surface area contributed by atoms with Gasteiger partial charge in [-0.3, -0.25) is 4.79 Å². The van der Waals surface area contributed by atoms with E-state index in [0.29, 0.717) is 21.5 Å². The van der Waals surface area contributed by atoms with Gasteiger partial charge < -0.3 is 15.2 Å². The Kier molecular flexibility index (Phi) is 4.48. The van der Waals surface area contributed by atoms with E-state index in [1.165, 1.54) is 20.2 Å². The van der Waals surface area contributed by atoms with Crippen molar-refractivity contribution in [2.24, 2.45) is 5.10 Å².